The molecule has 2 aromatic heterocycles. The number of hydrogen-bond donors (Lipinski definition) is 0. The van der Waals surface area contributed by atoms with Gasteiger partial charge in [-0.15, -0.1) is 0 Å². The number of fused-ring (bicyclic) bond motifs is 1. The third kappa shape index (κ3) is 3.63. The summed E-state index contributed by atoms with van der Waals surface area (Å²) >= 11 is 1.70. The number of rotatable bonds is 3. The van der Waals surface area contributed by atoms with E-state index >= 15 is 0 Å². The Morgan fingerprint density at radius 1 is 1.21 bits per heavy atom. The van der Waals surface area contributed by atoms with Crippen LogP contribution in [0.5, 0.6) is 0 Å². The van der Waals surface area contributed by atoms with E-state index in [1.165, 1.54) is 16.8 Å². The fourth-order valence-corrected chi connectivity index (χ4v) is 5.01. The van der Waals surface area contributed by atoms with Gasteiger partial charge < -0.3 is 14.2 Å². The molecule has 0 N–H and O–H groups in total. The van der Waals surface area contributed by atoms with Crippen LogP contribution >= 0.6 is 11.3 Å². The van der Waals surface area contributed by atoms with Crippen LogP contribution < -0.4 is 0 Å². The molecule has 0 saturated carbocycles. The van der Waals surface area contributed by atoms with E-state index in [4.69, 9.17) is 4.74 Å². The standard InChI is InChI=1S/C23H25N3O2S/c1-17-2-4-18(5-3-17)12-22(27)25-9-7-23(8-10-25)16-26-20(19-6-11-29-15-19)13-24-21(26)14-28-23/h2-6,11,13,15H,7-10,12,14,16H2,1H3. The van der Waals surface area contributed by atoms with Gasteiger partial charge in [0.25, 0.3) is 0 Å². The molecule has 2 aliphatic heterocycles. The van der Waals surface area contributed by atoms with Crippen molar-refractivity contribution < 1.29 is 9.53 Å². The number of aryl methyl sites for hydroxylation is 1. The number of carbonyl (C=O) groups is 1. The Kier molecular flexibility index (Phi) is 4.76. The molecular formula is C23H25N3O2S. The van der Waals surface area contributed by atoms with E-state index in [2.05, 4.69) is 57.6 Å². The average Bonchev–Trinajstić information content (AvgIpc) is 3.39. The van der Waals surface area contributed by atoms with Gasteiger partial charge in [-0.2, -0.15) is 11.3 Å². The minimum Gasteiger partial charge on any atom is -0.365 e. The maximum absolute atomic E-state index is 12.8. The van der Waals surface area contributed by atoms with Crippen molar-refractivity contribution in [3.05, 3.63) is 64.2 Å². The molecule has 0 bridgehead atoms. The lowest BCUT2D eigenvalue weighted by atomic mass is 9.89. The highest BCUT2D eigenvalue weighted by atomic mass is 32.1. The molecule has 3 aromatic rings. The molecule has 5 rings (SSSR count). The number of carbonyl (C=O) groups excluding carboxylic acids is 1. The maximum atomic E-state index is 12.8. The van der Waals surface area contributed by atoms with Crippen LogP contribution in [0.3, 0.4) is 0 Å². The summed E-state index contributed by atoms with van der Waals surface area (Å²) in [4.78, 5) is 19.3. The maximum Gasteiger partial charge on any atom is 0.226 e. The van der Waals surface area contributed by atoms with Crippen LogP contribution in [-0.2, 0) is 29.1 Å². The quantitative estimate of drug-likeness (QED) is 0.658. The number of piperidine rings is 1. The summed E-state index contributed by atoms with van der Waals surface area (Å²) < 4.78 is 8.62. The lowest BCUT2D eigenvalue weighted by Gasteiger charge is -2.44. The number of imidazole rings is 1. The monoisotopic (exact) mass is 407 g/mol. The van der Waals surface area contributed by atoms with Crippen molar-refractivity contribution in [1.29, 1.82) is 0 Å². The van der Waals surface area contributed by atoms with E-state index in [1.54, 1.807) is 11.3 Å². The Hall–Kier alpha value is -2.44. The van der Waals surface area contributed by atoms with Gasteiger partial charge in [-0.3, -0.25) is 4.79 Å². The number of ether oxygens (including phenoxy) is 1. The zero-order valence-electron chi connectivity index (χ0n) is 16.6. The third-order valence-electron chi connectivity index (χ3n) is 6.21. The summed E-state index contributed by atoms with van der Waals surface area (Å²) in [7, 11) is 0. The molecule has 150 valence electrons. The van der Waals surface area contributed by atoms with Gasteiger partial charge in [0, 0.05) is 24.0 Å². The van der Waals surface area contributed by atoms with Crippen LogP contribution in [0.15, 0.2) is 47.3 Å². The first kappa shape index (κ1) is 18.6. The van der Waals surface area contributed by atoms with Crippen molar-refractivity contribution in [3.8, 4) is 11.3 Å². The summed E-state index contributed by atoms with van der Waals surface area (Å²) in [5.41, 5.74) is 4.49. The molecule has 1 aromatic carbocycles. The fraction of sp³-hybridized carbons (Fsp3) is 0.391. The Morgan fingerprint density at radius 3 is 2.72 bits per heavy atom. The molecule has 0 radical (unpaired) electrons. The number of amides is 1. The predicted octanol–water partition coefficient (Wildman–Crippen LogP) is 4.05. The van der Waals surface area contributed by atoms with Crippen molar-refractivity contribution in [1.82, 2.24) is 14.5 Å². The van der Waals surface area contributed by atoms with E-state index in [0.29, 0.717) is 13.0 Å². The second-order valence-electron chi connectivity index (χ2n) is 8.17. The summed E-state index contributed by atoms with van der Waals surface area (Å²) in [5, 5.41) is 4.27. The summed E-state index contributed by atoms with van der Waals surface area (Å²) in [5.74, 6) is 1.21. The Bertz CT molecular complexity index is 999. The molecule has 1 saturated heterocycles. The summed E-state index contributed by atoms with van der Waals surface area (Å²) in [6.07, 6.45) is 4.17. The van der Waals surface area contributed by atoms with E-state index in [0.717, 1.165) is 43.9 Å². The van der Waals surface area contributed by atoms with Crippen molar-refractivity contribution in [2.24, 2.45) is 0 Å². The van der Waals surface area contributed by atoms with Crippen molar-refractivity contribution in [2.75, 3.05) is 13.1 Å². The molecule has 5 nitrogen and oxygen atoms in total. The number of benzene rings is 1. The van der Waals surface area contributed by atoms with E-state index in [9.17, 15) is 4.79 Å². The number of nitrogens with zero attached hydrogens (tertiary/aromatic N) is 3. The minimum absolute atomic E-state index is 0.195. The highest BCUT2D eigenvalue weighted by Crippen LogP contribution is 2.36. The first-order valence-corrected chi connectivity index (χ1v) is 11.1. The Morgan fingerprint density at radius 2 is 2.00 bits per heavy atom. The van der Waals surface area contributed by atoms with E-state index < -0.39 is 0 Å². The number of hydrogen-bond acceptors (Lipinski definition) is 4. The Balaban J connectivity index is 1.25. The SMILES string of the molecule is Cc1ccc(CC(=O)N2CCC3(CC2)Cn2c(-c4ccsc4)cnc2CO3)cc1. The molecule has 4 heterocycles. The van der Waals surface area contributed by atoms with Gasteiger partial charge in [-0.05, 0) is 36.8 Å². The predicted molar refractivity (Wildman–Crippen MR) is 114 cm³/mol. The van der Waals surface area contributed by atoms with Crippen molar-refractivity contribution in [3.63, 3.8) is 0 Å². The normalized spacial score (nSPS) is 18.0. The van der Waals surface area contributed by atoms with Crippen LogP contribution in [0.25, 0.3) is 11.3 Å². The summed E-state index contributed by atoms with van der Waals surface area (Å²) in [6.45, 7) is 4.93. The van der Waals surface area contributed by atoms with Gasteiger partial charge >= 0.3 is 0 Å². The third-order valence-corrected chi connectivity index (χ3v) is 6.90. The highest BCUT2D eigenvalue weighted by Gasteiger charge is 2.41. The number of thiophene rings is 1. The van der Waals surface area contributed by atoms with Crippen molar-refractivity contribution in [2.45, 2.75) is 44.9 Å². The van der Waals surface area contributed by atoms with Gasteiger partial charge in [0.2, 0.25) is 5.91 Å². The molecule has 1 amide bonds. The molecule has 0 unspecified atom stereocenters. The van der Waals surface area contributed by atoms with Gasteiger partial charge in [-0.1, -0.05) is 29.8 Å². The lowest BCUT2D eigenvalue weighted by molar-refractivity contribution is -0.145. The molecule has 6 heteroatoms. The smallest absolute Gasteiger partial charge is 0.226 e. The number of likely N-dealkylation sites (tertiary alicyclic amines) is 1. The second-order valence-corrected chi connectivity index (χ2v) is 8.95. The Labute approximate surface area is 174 Å². The lowest BCUT2D eigenvalue weighted by Crippen LogP contribution is -2.52. The van der Waals surface area contributed by atoms with E-state index in [-0.39, 0.29) is 11.5 Å². The zero-order chi connectivity index (χ0) is 19.8. The van der Waals surface area contributed by atoms with Gasteiger partial charge in [-0.25, -0.2) is 4.98 Å². The van der Waals surface area contributed by atoms with Gasteiger partial charge in [0.1, 0.15) is 12.4 Å². The van der Waals surface area contributed by atoms with Crippen LogP contribution in [0.1, 0.15) is 29.8 Å². The largest absolute Gasteiger partial charge is 0.365 e. The average molecular weight is 408 g/mol. The molecule has 2 aliphatic rings. The fourth-order valence-electron chi connectivity index (χ4n) is 4.36. The molecule has 0 aliphatic carbocycles. The number of aromatic nitrogens is 2. The van der Waals surface area contributed by atoms with Gasteiger partial charge in [0.15, 0.2) is 0 Å². The van der Waals surface area contributed by atoms with Gasteiger partial charge in [0.05, 0.1) is 30.5 Å². The minimum atomic E-state index is -0.195. The van der Waals surface area contributed by atoms with Crippen LogP contribution in [0.4, 0.5) is 0 Å². The molecular weight excluding hydrogens is 382 g/mol. The first-order valence-electron chi connectivity index (χ1n) is 10.2. The molecule has 1 fully saturated rings. The van der Waals surface area contributed by atoms with Crippen LogP contribution in [0, 0.1) is 6.92 Å². The topological polar surface area (TPSA) is 47.4 Å². The van der Waals surface area contributed by atoms with Crippen molar-refractivity contribution >= 4 is 17.2 Å². The first-order chi connectivity index (χ1) is 14.1. The molecule has 0 atom stereocenters. The van der Waals surface area contributed by atoms with Crippen LogP contribution in [-0.4, -0.2) is 39.0 Å². The highest BCUT2D eigenvalue weighted by molar-refractivity contribution is 7.08. The summed E-state index contributed by atoms with van der Waals surface area (Å²) in [6, 6.07) is 10.4. The molecule has 1 spiro atoms. The van der Waals surface area contributed by atoms with E-state index in [1.807, 2.05) is 11.1 Å². The second kappa shape index (κ2) is 7.43. The molecule has 29 heavy (non-hydrogen) atoms. The zero-order valence-corrected chi connectivity index (χ0v) is 17.5. The van der Waals surface area contributed by atoms with Crippen LogP contribution in [0.2, 0.25) is 0 Å².